The van der Waals surface area contributed by atoms with Crippen molar-refractivity contribution in [2.24, 2.45) is 0 Å². The molecule has 8 heteroatoms. The van der Waals surface area contributed by atoms with Crippen LogP contribution < -0.4 is 9.80 Å². The zero-order chi connectivity index (χ0) is 22.0. The van der Waals surface area contributed by atoms with Crippen molar-refractivity contribution in [1.82, 2.24) is 19.9 Å². The van der Waals surface area contributed by atoms with Crippen molar-refractivity contribution < 1.29 is 9.53 Å². The maximum absolute atomic E-state index is 13.4. The summed E-state index contributed by atoms with van der Waals surface area (Å²) in [5, 5.41) is 0. The number of nitrogens with zero attached hydrogens (tertiary/aromatic N) is 6. The molecule has 1 amide bonds. The lowest BCUT2D eigenvalue weighted by molar-refractivity contribution is -0.121. The molecule has 2 aromatic heterocycles. The topological polar surface area (TPSA) is 84.3 Å². The number of anilines is 3. The first-order chi connectivity index (χ1) is 15.4. The molecule has 1 aromatic carbocycles. The van der Waals surface area contributed by atoms with Crippen LogP contribution in [-0.4, -0.2) is 51.1 Å². The van der Waals surface area contributed by atoms with E-state index in [1.807, 2.05) is 39.0 Å². The molecule has 2 fully saturated rings. The minimum absolute atomic E-state index is 0.0129. The van der Waals surface area contributed by atoms with E-state index in [4.69, 9.17) is 4.74 Å². The van der Waals surface area contributed by atoms with Gasteiger partial charge in [0.15, 0.2) is 5.82 Å². The molecule has 3 aliphatic rings. The lowest BCUT2D eigenvalue weighted by Gasteiger charge is -2.52. The second-order valence-corrected chi connectivity index (χ2v) is 9.24. The largest absolute Gasteiger partial charge is 0.377 e. The molecular formula is C24H24N6O2. The zero-order valence-electron chi connectivity index (χ0n) is 18.3. The molecule has 3 aliphatic heterocycles. The number of hydrogen-bond acceptors (Lipinski definition) is 7. The molecule has 8 nitrogen and oxygen atoms in total. The van der Waals surface area contributed by atoms with Crippen molar-refractivity contribution in [2.75, 3.05) is 23.0 Å². The number of carbonyl (C=O) groups excluding carboxylic acids is 1. The molecular weight excluding hydrogens is 404 g/mol. The van der Waals surface area contributed by atoms with Crippen LogP contribution in [0.2, 0.25) is 0 Å². The molecule has 0 N–H and O–H groups in total. The SMILES string of the molecule is Cc1ncc(-c2ccc3c(c2)N(c2cnc(N4[C@@H]5COC[C@H]4C5)cn2)C(=O)C3(C)C)cn1. The van der Waals surface area contributed by atoms with Gasteiger partial charge in [-0.25, -0.2) is 19.9 Å². The van der Waals surface area contributed by atoms with E-state index in [2.05, 4.69) is 24.8 Å². The highest BCUT2D eigenvalue weighted by Gasteiger charge is 2.46. The van der Waals surface area contributed by atoms with Gasteiger partial charge < -0.3 is 9.64 Å². The Balaban J connectivity index is 1.38. The number of hydrogen-bond donors (Lipinski definition) is 0. The molecule has 2 atom stereocenters. The van der Waals surface area contributed by atoms with Gasteiger partial charge in [0, 0.05) is 18.0 Å². The Morgan fingerprint density at radius 2 is 1.62 bits per heavy atom. The Morgan fingerprint density at radius 1 is 0.938 bits per heavy atom. The van der Waals surface area contributed by atoms with Crippen LogP contribution in [0.1, 0.15) is 31.7 Å². The van der Waals surface area contributed by atoms with E-state index < -0.39 is 5.41 Å². The van der Waals surface area contributed by atoms with Gasteiger partial charge in [-0.15, -0.1) is 0 Å². The molecule has 162 valence electrons. The van der Waals surface area contributed by atoms with Crippen LogP contribution in [0, 0.1) is 6.92 Å². The lowest BCUT2D eigenvalue weighted by atomic mass is 9.85. The molecule has 0 saturated carbocycles. The number of morpholine rings is 1. The summed E-state index contributed by atoms with van der Waals surface area (Å²) in [5.74, 6) is 2.09. The summed E-state index contributed by atoms with van der Waals surface area (Å²) < 4.78 is 5.57. The molecule has 0 aliphatic carbocycles. The van der Waals surface area contributed by atoms with Gasteiger partial charge in [0.1, 0.15) is 11.6 Å². The number of rotatable bonds is 3. The summed E-state index contributed by atoms with van der Waals surface area (Å²) >= 11 is 0. The summed E-state index contributed by atoms with van der Waals surface area (Å²) in [6.45, 7) is 7.23. The Kier molecular flexibility index (Phi) is 4.10. The standard InChI is InChI=1S/C24H24N6O2/c1-14-25-8-16(9-26-14)15-4-5-19-20(6-15)30(23(31)24(19,2)3)22-11-27-21(10-28-22)29-17-7-18(29)13-32-12-17/h4-6,8-11,17-18H,7,12-13H2,1-3H3/t17-,18+. The van der Waals surface area contributed by atoms with Crippen molar-refractivity contribution >= 4 is 23.2 Å². The van der Waals surface area contributed by atoms with Crippen LogP contribution in [0.25, 0.3) is 11.1 Å². The van der Waals surface area contributed by atoms with Gasteiger partial charge in [0.25, 0.3) is 0 Å². The van der Waals surface area contributed by atoms with Gasteiger partial charge in [-0.1, -0.05) is 12.1 Å². The summed E-state index contributed by atoms with van der Waals surface area (Å²) in [6, 6.07) is 6.81. The molecule has 0 spiro atoms. The molecule has 0 radical (unpaired) electrons. The number of ether oxygens (including phenoxy) is 1. The monoisotopic (exact) mass is 428 g/mol. The van der Waals surface area contributed by atoms with Crippen molar-refractivity contribution in [3.8, 4) is 11.1 Å². The third kappa shape index (κ3) is 2.75. The highest BCUT2D eigenvalue weighted by atomic mass is 16.5. The Hall–Kier alpha value is -3.39. The maximum atomic E-state index is 13.4. The van der Waals surface area contributed by atoms with Crippen molar-refractivity contribution in [2.45, 2.75) is 44.7 Å². The van der Waals surface area contributed by atoms with Gasteiger partial charge in [-0.05, 0) is 44.4 Å². The third-order valence-electron chi connectivity index (χ3n) is 6.83. The minimum Gasteiger partial charge on any atom is -0.377 e. The van der Waals surface area contributed by atoms with Crippen molar-refractivity contribution in [1.29, 1.82) is 0 Å². The number of carbonyl (C=O) groups is 1. The van der Waals surface area contributed by atoms with E-state index in [9.17, 15) is 4.79 Å². The number of fused-ring (bicyclic) bond motifs is 3. The highest BCUT2D eigenvalue weighted by Crippen LogP contribution is 2.46. The van der Waals surface area contributed by atoms with Gasteiger partial charge in [-0.2, -0.15) is 0 Å². The number of amides is 1. The van der Waals surface area contributed by atoms with E-state index in [0.29, 0.717) is 17.9 Å². The Labute approximate surface area is 186 Å². The quantitative estimate of drug-likeness (QED) is 0.633. The normalized spacial score (nSPS) is 23.2. The zero-order valence-corrected chi connectivity index (χ0v) is 18.3. The first-order valence-electron chi connectivity index (χ1n) is 10.9. The third-order valence-corrected chi connectivity index (χ3v) is 6.83. The number of aryl methyl sites for hydroxylation is 1. The average molecular weight is 428 g/mol. The summed E-state index contributed by atoms with van der Waals surface area (Å²) in [4.78, 5) is 35.3. The average Bonchev–Trinajstić information content (AvgIpc) is 3.00. The molecule has 2 saturated heterocycles. The van der Waals surface area contributed by atoms with E-state index in [0.717, 1.165) is 53.7 Å². The predicted molar refractivity (Wildman–Crippen MR) is 120 cm³/mol. The molecule has 32 heavy (non-hydrogen) atoms. The molecule has 6 rings (SSSR count). The Morgan fingerprint density at radius 3 is 2.28 bits per heavy atom. The van der Waals surface area contributed by atoms with Gasteiger partial charge >= 0.3 is 0 Å². The number of benzene rings is 1. The molecule has 3 aromatic rings. The first-order valence-corrected chi connectivity index (χ1v) is 10.9. The molecule has 0 unspecified atom stereocenters. The van der Waals surface area contributed by atoms with Crippen LogP contribution in [0.5, 0.6) is 0 Å². The van der Waals surface area contributed by atoms with Crippen LogP contribution >= 0.6 is 0 Å². The summed E-state index contributed by atoms with van der Waals surface area (Å²) in [7, 11) is 0. The van der Waals surface area contributed by atoms with E-state index in [1.54, 1.807) is 29.7 Å². The van der Waals surface area contributed by atoms with Gasteiger partial charge in [0.05, 0.1) is 48.8 Å². The van der Waals surface area contributed by atoms with Crippen LogP contribution in [0.3, 0.4) is 0 Å². The fourth-order valence-electron chi connectivity index (χ4n) is 4.97. The second-order valence-electron chi connectivity index (χ2n) is 9.24. The molecule has 2 bridgehead atoms. The second kappa shape index (κ2) is 6.80. The van der Waals surface area contributed by atoms with Crippen molar-refractivity contribution in [3.63, 3.8) is 0 Å². The minimum atomic E-state index is -0.649. The Bertz CT molecular complexity index is 1190. The van der Waals surface area contributed by atoms with E-state index in [-0.39, 0.29) is 5.91 Å². The van der Waals surface area contributed by atoms with Crippen molar-refractivity contribution in [3.05, 3.63) is 54.4 Å². The number of aromatic nitrogens is 4. The molecule has 5 heterocycles. The maximum Gasteiger partial charge on any atom is 0.242 e. The summed E-state index contributed by atoms with van der Waals surface area (Å²) in [5.41, 5.74) is 3.01. The van der Waals surface area contributed by atoms with E-state index in [1.165, 1.54) is 0 Å². The van der Waals surface area contributed by atoms with Gasteiger partial charge in [0.2, 0.25) is 5.91 Å². The summed E-state index contributed by atoms with van der Waals surface area (Å²) in [6.07, 6.45) is 8.23. The van der Waals surface area contributed by atoms with Gasteiger partial charge in [-0.3, -0.25) is 9.69 Å². The highest BCUT2D eigenvalue weighted by molar-refractivity contribution is 6.12. The van der Waals surface area contributed by atoms with Crippen LogP contribution in [-0.2, 0) is 14.9 Å². The lowest BCUT2D eigenvalue weighted by Crippen LogP contribution is -2.64. The van der Waals surface area contributed by atoms with Crippen LogP contribution in [0.4, 0.5) is 17.3 Å². The fourth-order valence-corrected chi connectivity index (χ4v) is 4.97. The van der Waals surface area contributed by atoms with E-state index >= 15 is 0 Å². The van der Waals surface area contributed by atoms with Crippen LogP contribution in [0.15, 0.2) is 43.0 Å². The fraction of sp³-hybridized carbons (Fsp3) is 0.375. The predicted octanol–water partition coefficient (Wildman–Crippen LogP) is 3.18. The first kappa shape index (κ1) is 19.3. The smallest absolute Gasteiger partial charge is 0.242 e.